The molecule has 18 heavy (non-hydrogen) atoms. The molecule has 0 amide bonds. The maximum atomic E-state index is 6.07. The molecule has 2 aromatic carbocycles. The van der Waals surface area contributed by atoms with E-state index in [2.05, 4.69) is 15.9 Å². The van der Waals surface area contributed by atoms with E-state index in [0.717, 1.165) is 11.3 Å². The van der Waals surface area contributed by atoms with Crippen molar-refractivity contribution < 1.29 is 4.74 Å². The van der Waals surface area contributed by atoms with E-state index >= 15 is 0 Å². The minimum Gasteiger partial charge on any atom is -0.455 e. The van der Waals surface area contributed by atoms with Crippen LogP contribution in [0.5, 0.6) is 11.5 Å². The summed E-state index contributed by atoms with van der Waals surface area (Å²) in [7, 11) is 0. The Hall–Kier alpha value is -0.410. The quantitative estimate of drug-likeness (QED) is 0.455. The molecule has 0 aromatic heterocycles. The lowest BCUT2D eigenvalue weighted by Crippen LogP contribution is -1.90. The summed E-state index contributed by atoms with van der Waals surface area (Å²) in [5.74, 6) is 1.22. The van der Waals surface area contributed by atoms with E-state index in [4.69, 9.17) is 39.5 Å². The largest absolute Gasteiger partial charge is 0.455 e. The normalized spacial score (nSPS) is 10.4. The number of rotatable bonds is 3. The number of benzene rings is 2. The first kappa shape index (κ1) is 14.0. The standard InChI is InChI=1S/C13H8BrCl3O/c14-7-8-3-1-2-4-12(8)18-13-6-10(16)9(15)5-11(13)17/h1-6H,7H2. The highest BCUT2D eigenvalue weighted by Gasteiger charge is 2.10. The Morgan fingerprint density at radius 2 is 1.56 bits per heavy atom. The molecular weight excluding hydrogens is 358 g/mol. The van der Waals surface area contributed by atoms with Crippen LogP contribution in [-0.4, -0.2) is 0 Å². The molecule has 0 saturated carbocycles. The lowest BCUT2D eigenvalue weighted by molar-refractivity contribution is 0.479. The molecule has 0 heterocycles. The first-order chi connectivity index (χ1) is 8.61. The summed E-state index contributed by atoms with van der Waals surface area (Å²) in [6.07, 6.45) is 0. The lowest BCUT2D eigenvalue weighted by atomic mass is 10.2. The average Bonchev–Trinajstić information content (AvgIpc) is 2.36. The van der Waals surface area contributed by atoms with E-state index in [0.29, 0.717) is 26.1 Å². The van der Waals surface area contributed by atoms with E-state index in [1.807, 2.05) is 24.3 Å². The Morgan fingerprint density at radius 3 is 2.28 bits per heavy atom. The average molecular weight is 366 g/mol. The van der Waals surface area contributed by atoms with Gasteiger partial charge in [0.25, 0.3) is 0 Å². The summed E-state index contributed by atoms with van der Waals surface area (Å²) in [5.41, 5.74) is 1.03. The maximum Gasteiger partial charge on any atom is 0.147 e. The smallest absolute Gasteiger partial charge is 0.147 e. The van der Waals surface area contributed by atoms with E-state index in [1.165, 1.54) is 0 Å². The zero-order valence-corrected chi connectivity index (χ0v) is 12.9. The van der Waals surface area contributed by atoms with Gasteiger partial charge in [0.1, 0.15) is 11.5 Å². The number of alkyl halides is 1. The highest BCUT2D eigenvalue weighted by molar-refractivity contribution is 9.08. The Morgan fingerprint density at radius 1 is 0.889 bits per heavy atom. The topological polar surface area (TPSA) is 9.23 Å². The van der Waals surface area contributed by atoms with Gasteiger partial charge in [-0.25, -0.2) is 0 Å². The van der Waals surface area contributed by atoms with Crippen LogP contribution in [0.4, 0.5) is 0 Å². The van der Waals surface area contributed by atoms with Gasteiger partial charge in [0.2, 0.25) is 0 Å². The molecule has 1 nitrogen and oxygen atoms in total. The molecule has 0 bridgehead atoms. The van der Waals surface area contributed by atoms with E-state index in [-0.39, 0.29) is 0 Å². The fourth-order valence-electron chi connectivity index (χ4n) is 1.41. The van der Waals surface area contributed by atoms with Crippen molar-refractivity contribution in [2.75, 3.05) is 0 Å². The fraction of sp³-hybridized carbons (Fsp3) is 0.0769. The van der Waals surface area contributed by atoms with Crippen LogP contribution in [0, 0.1) is 0 Å². The van der Waals surface area contributed by atoms with Crippen LogP contribution in [-0.2, 0) is 5.33 Å². The van der Waals surface area contributed by atoms with Gasteiger partial charge in [-0.3, -0.25) is 0 Å². The minimum absolute atomic E-state index is 0.405. The Labute approximate surface area is 129 Å². The van der Waals surface area contributed by atoms with Gasteiger partial charge >= 0.3 is 0 Å². The van der Waals surface area contributed by atoms with Crippen molar-refractivity contribution in [2.45, 2.75) is 5.33 Å². The van der Waals surface area contributed by atoms with Gasteiger partial charge in [0, 0.05) is 17.0 Å². The zero-order chi connectivity index (χ0) is 13.1. The summed E-state index contributed by atoms with van der Waals surface area (Å²) >= 11 is 21.3. The summed E-state index contributed by atoms with van der Waals surface area (Å²) in [5, 5.41) is 1.94. The second kappa shape index (κ2) is 6.16. The van der Waals surface area contributed by atoms with Gasteiger partial charge in [0.05, 0.1) is 15.1 Å². The van der Waals surface area contributed by atoms with Gasteiger partial charge in [-0.15, -0.1) is 0 Å². The summed E-state index contributed by atoms with van der Waals surface area (Å²) < 4.78 is 5.76. The predicted molar refractivity (Wildman–Crippen MR) is 80.6 cm³/mol. The van der Waals surface area contributed by atoms with Crippen LogP contribution >= 0.6 is 50.7 Å². The molecule has 5 heteroatoms. The van der Waals surface area contributed by atoms with Crippen molar-refractivity contribution in [3.8, 4) is 11.5 Å². The predicted octanol–water partition coefficient (Wildman–Crippen LogP) is 6.33. The van der Waals surface area contributed by atoms with E-state index in [1.54, 1.807) is 12.1 Å². The van der Waals surface area contributed by atoms with Crippen molar-refractivity contribution in [2.24, 2.45) is 0 Å². The molecule has 0 unspecified atom stereocenters. The number of hydrogen-bond acceptors (Lipinski definition) is 1. The highest BCUT2D eigenvalue weighted by Crippen LogP contribution is 2.37. The molecule has 94 valence electrons. The second-order valence-electron chi connectivity index (χ2n) is 3.54. The molecular formula is C13H8BrCl3O. The van der Waals surface area contributed by atoms with Gasteiger partial charge < -0.3 is 4.74 Å². The van der Waals surface area contributed by atoms with Crippen molar-refractivity contribution in [1.82, 2.24) is 0 Å². The molecule has 0 aliphatic carbocycles. The molecule has 0 N–H and O–H groups in total. The third-order valence-corrected chi connectivity index (χ3v) is 3.93. The molecule has 0 radical (unpaired) electrons. The molecule has 2 aromatic rings. The molecule has 0 spiro atoms. The zero-order valence-electron chi connectivity index (χ0n) is 9.09. The Kier molecular flexibility index (Phi) is 4.79. The summed E-state index contributed by atoms with van der Waals surface area (Å²) in [6.45, 7) is 0. The monoisotopic (exact) mass is 364 g/mol. The van der Waals surface area contributed by atoms with Crippen molar-refractivity contribution in [3.63, 3.8) is 0 Å². The van der Waals surface area contributed by atoms with E-state index in [9.17, 15) is 0 Å². The molecule has 0 atom stereocenters. The second-order valence-corrected chi connectivity index (χ2v) is 5.32. The van der Waals surface area contributed by atoms with Crippen molar-refractivity contribution >= 4 is 50.7 Å². The van der Waals surface area contributed by atoms with Crippen LogP contribution in [0.2, 0.25) is 15.1 Å². The summed E-state index contributed by atoms with van der Waals surface area (Å²) in [6, 6.07) is 10.9. The lowest BCUT2D eigenvalue weighted by Gasteiger charge is -2.11. The Balaban J connectivity index is 2.37. The third-order valence-electron chi connectivity index (χ3n) is 2.31. The van der Waals surface area contributed by atoms with Crippen LogP contribution in [0.25, 0.3) is 0 Å². The van der Waals surface area contributed by atoms with Gasteiger partial charge in [-0.1, -0.05) is 68.9 Å². The molecule has 0 fully saturated rings. The van der Waals surface area contributed by atoms with Crippen LogP contribution < -0.4 is 4.74 Å². The maximum absolute atomic E-state index is 6.07. The Bertz CT molecular complexity index is 572. The summed E-state index contributed by atoms with van der Waals surface area (Å²) in [4.78, 5) is 0. The van der Waals surface area contributed by atoms with E-state index < -0.39 is 0 Å². The van der Waals surface area contributed by atoms with Crippen LogP contribution in [0.15, 0.2) is 36.4 Å². The highest BCUT2D eigenvalue weighted by atomic mass is 79.9. The number of ether oxygens (including phenoxy) is 1. The van der Waals surface area contributed by atoms with Gasteiger partial charge in [0.15, 0.2) is 0 Å². The SMILES string of the molecule is Clc1cc(Cl)c(Oc2ccccc2CBr)cc1Cl. The van der Waals surface area contributed by atoms with Crippen LogP contribution in [0.3, 0.4) is 0 Å². The fourth-order valence-corrected chi connectivity index (χ4v) is 2.45. The number of halogens is 4. The molecule has 0 aliphatic heterocycles. The molecule has 2 rings (SSSR count). The van der Waals surface area contributed by atoms with Crippen molar-refractivity contribution in [3.05, 3.63) is 57.0 Å². The first-order valence-corrected chi connectivity index (χ1v) is 7.33. The first-order valence-electron chi connectivity index (χ1n) is 5.08. The number of para-hydroxylation sites is 1. The minimum atomic E-state index is 0.405. The van der Waals surface area contributed by atoms with Gasteiger partial charge in [-0.2, -0.15) is 0 Å². The molecule has 0 aliphatic rings. The molecule has 0 saturated heterocycles. The third kappa shape index (κ3) is 3.12. The van der Waals surface area contributed by atoms with Crippen LogP contribution in [0.1, 0.15) is 5.56 Å². The van der Waals surface area contributed by atoms with Crippen molar-refractivity contribution in [1.29, 1.82) is 0 Å². The van der Waals surface area contributed by atoms with Gasteiger partial charge in [-0.05, 0) is 12.1 Å². The number of hydrogen-bond donors (Lipinski definition) is 0.